The highest BCUT2D eigenvalue weighted by molar-refractivity contribution is 7.29. The molecule has 5 aromatic rings. The van der Waals surface area contributed by atoms with Crippen molar-refractivity contribution < 1.29 is 27.2 Å². The summed E-state index contributed by atoms with van der Waals surface area (Å²) in [4.78, 5) is 38.4. The second-order valence-electron chi connectivity index (χ2n) is 16.9. The lowest BCUT2D eigenvalue weighted by Gasteiger charge is -2.37. The Hall–Kier alpha value is -6.48. The largest absolute Gasteiger partial charge is 0.289 e. The van der Waals surface area contributed by atoms with Crippen LogP contribution in [0.5, 0.6) is 0 Å². The summed E-state index contributed by atoms with van der Waals surface area (Å²) < 4.78 is 60.2. The summed E-state index contributed by atoms with van der Waals surface area (Å²) in [5.41, 5.74) is 3.83. The molecular weight excluding hydrogens is 861 g/mol. The lowest BCUT2D eigenvalue weighted by atomic mass is 9.67. The maximum absolute atomic E-state index is 14.6. The predicted molar refractivity (Wildman–Crippen MR) is 236 cm³/mol. The minimum absolute atomic E-state index is 0.00364. The Labute approximate surface area is 370 Å². The molecule has 6 aliphatic rings. The average Bonchev–Trinajstić information content (AvgIpc) is 4.13. The molecule has 2 aromatic carbocycles. The zero-order valence-corrected chi connectivity index (χ0v) is 35.5. The van der Waals surface area contributed by atoms with E-state index in [0.29, 0.717) is 4.88 Å². The topological polar surface area (TPSA) is 90.4 Å². The Morgan fingerprint density at radius 2 is 1.06 bits per heavy atom. The van der Waals surface area contributed by atoms with Crippen LogP contribution in [0.15, 0.2) is 58.9 Å². The number of nitriles is 2. The average molecular weight is 889 g/mol. The predicted octanol–water partition coefficient (Wildman–Crippen LogP) is 13.8. The number of carbonyl (C=O) groups is 2. The van der Waals surface area contributed by atoms with E-state index in [1.807, 2.05) is 18.2 Å². The molecule has 6 nitrogen and oxygen atoms in total. The molecule has 0 N–H and O–H groups in total. The third kappa shape index (κ3) is 5.28. The minimum atomic E-state index is -1.19. The molecule has 306 valence electrons. The molecule has 2 fully saturated rings. The van der Waals surface area contributed by atoms with E-state index in [4.69, 9.17) is 13.1 Å². The van der Waals surface area contributed by atoms with Crippen molar-refractivity contribution in [3.05, 3.63) is 158 Å². The number of nitrogens with zero attached hydrogens (tertiary/aromatic N) is 4. The van der Waals surface area contributed by atoms with Gasteiger partial charge in [0.15, 0.2) is 34.8 Å². The van der Waals surface area contributed by atoms with Crippen LogP contribution in [0, 0.1) is 59.1 Å². The number of hydrogen-bond donors (Lipinski definition) is 0. The molecule has 2 spiro atoms. The van der Waals surface area contributed by atoms with Crippen molar-refractivity contribution in [3.8, 4) is 12.1 Å². The van der Waals surface area contributed by atoms with E-state index in [9.17, 15) is 37.7 Å². The van der Waals surface area contributed by atoms with Crippen molar-refractivity contribution >= 4 is 89.4 Å². The Balaban J connectivity index is 1.08. The van der Waals surface area contributed by atoms with E-state index in [1.165, 1.54) is 43.4 Å². The highest BCUT2D eigenvalue weighted by Crippen LogP contribution is 2.73. The molecule has 0 unspecified atom stereocenters. The molecule has 0 atom stereocenters. The molecule has 6 aliphatic carbocycles. The van der Waals surface area contributed by atoms with Gasteiger partial charge in [-0.2, -0.15) is 0 Å². The number of rotatable bonds is 2. The molecule has 2 saturated carbocycles. The molecule has 0 saturated heterocycles. The van der Waals surface area contributed by atoms with Crippen LogP contribution in [0.1, 0.15) is 127 Å². The van der Waals surface area contributed by atoms with Gasteiger partial charge in [-0.15, -0.1) is 34.0 Å². The molecular formula is C50H28F4N4O2S3. The van der Waals surface area contributed by atoms with Gasteiger partial charge in [-0.25, -0.2) is 37.8 Å². The third-order valence-electron chi connectivity index (χ3n) is 13.9. The number of allylic oxidation sites excluding steroid dienone is 8. The fourth-order valence-corrected chi connectivity index (χ4v) is 15.7. The monoisotopic (exact) mass is 888 g/mol. The van der Waals surface area contributed by atoms with Crippen molar-refractivity contribution in [2.24, 2.45) is 0 Å². The van der Waals surface area contributed by atoms with E-state index in [1.54, 1.807) is 34.8 Å². The number of fused-ring (bicyclic) bond motifs is 12. The van der Waals surface area contributed by atoms with E-state index in [2.05, 4.69) is 15.8 Å². The van der Waals surface area contributed by atoms with Crippen LogP contribution >= 0.6 is 34.0 Å². The van der Waals surface area contributed by atoms with Crippen LogP contribution in [0.25, 0.3) is 53.5 Å². The summed E-state index contributed by atoms with van der Waals surface area (Å²) in [5, 5.41) is 19.8. The minimum Gasteiger partial charge on any atom is -0.289 e. The molecule has 3 heterocycles. The Morgan fingerprint density at radius 1 is 0.603 bits per heavy atom. The smallest absolute Gasteiger partial charge is 0.270 e. The van der Waals surface area contributed by atoms with Gasteiger partial charge in [-0.05, 0) is 108 Å². The fraction of sp³-hybridized carbons (Fsp3) is 0.240. The molecule has 3 aromatic heterocycles. The molecule has 0 amide bonds. The Kier molecular flexibility index (Phi) is 8.76. The quantitative estimate of drug-likeness (QED) is 0.0764. The number of Topliss-reactive ketones (excluding diaryl/α,β-unsaturated/α-hetero) is 2. The second-order valence-corrected chi connectivity index (χ2v) is 20.1. The van der Waals surface area contributed by atoms with Crippen LogP contribution < -0.4 is 0 Å². The first-order valence-electron chi connectivity index (χ1n) is 20.5. The second kappa shape index (κ2) is 14.0. The summed E-state index contributed by atoms with van der Waals surface area (Å²) in [5.74, 6) is -5.89. The Bertz CT molecular complexity index is 3350. The van der Waals surface area contributed by atoms with Gasteiger partial charge in [0.1, 0.15) is 0 Å². The van der Waals surface area contributed by atoms with Crippen LogP contribution in [0.3, 0.4) is 0 Å². The van der Waals surface area contributed by atoms with Crippen LogP contribution in [-0.4, -0.2) is 11.6 Å². The summed E-state index contributed by atoms with van der Waals surface area (Å²) in [7, 11) is 0. The van der Waals surface area contributed by atoms with Crippen molar-refractivity contribution in [1.82, 2.24) is 0 Å². The SMILES string of the molecule is [C-]#[N+]/C(C#N)=C1\C(=C/c2cc3sc4c(c3s2)C2(CCCCC2)C2=C4C3(CCCCC3)c3cc(/C=C4\C(=O)c5cc(F)c(F)cc5\C4=C(\C#N)[N+]#[C-])sc32)C(=O)c2cc(F)c(F)cc21. The zero-order valence-electron chi connectivity index (χ0n) is 33.0. The zero-order chi connectivity index (χ0) is 43.7. The van der Waals surface area contributed by atoms with E-state index in [0.717, 1.165) is 103 Å². The first-order valence-corrected chi connectivity index (χ1v) is 23.0. The van der Waals surface area contributed by atoms with Gasteiger partial charge < -0.3 is 0 Å². The normalized spacial score (nSPS) is 21.7. The van der Waals surface area contributed by atoms with Gasteiger partial charge in [-0.3, -0.25) is 9.59 Å². The maximum Gasteiger partial charge on any atom is 0.270 e. The first-order chi connectivity index (χ1) is 30.5. The number of carbonyl (C=O) groups excluding carboxylic acids is 2. The highest BCUT2D eigenvalue weighted by atomic mass is 32.1. The number of ketones is 2. The molecule has 63 heavy (non-hydrogen) atoms. The van der Waals surface area contributed by atoms with E-state index >= 15 is 0 Å². The van der Waals surface area contributed by atoms with Crippen molar-refractivity contribution in [1.29, 1.82) is 10.5 Å². The number of benzene rings is 2. The lowest BCUT2D eigenvalue weighted by Crippen LogP contribution is -2.28. The fourth-order valence-electron chi connectivity index (χ4n) is 11.4. The molecule has 0 bridgehead atoms. The van der Waals surface area contributed by atoms with Gasteiger partial charge in [0.05, 0.1) is 30.0 Å². The number of halogens is 4. The molecule has 0 aliphatic heterocycles. The summed E-state index contributed by atoms with van der Waals surface area (Å²) in [6, 6.07) is 11.3. The molecule has 0 radical (unpaired) electrons. The lowest BCUT2D eigenvalue weighted by molar-refractivity contribution is 0.103. The first kappa shape index (κ1) is 39.4. The molecule has 11 rings (SSSR count). The van der Waals surface area contributed by atoms with Gasteiger partial charge >= 0.3 is 0 Å². The summed E-state index contributed by atoms with van der Waals surface area (Å²) in [6.45, 7) is 15.4. The summed E-state index contributed by atoms with van der Waals surface area (Å²) in [6.07, 6.45) is 13.4. The van der Waals surface area contributed by atoms with Crippen molar-refractivity contribution in [3.63, 3.8) is 0 Å². The van der Waals surface area contributed by atoms with E-state index < -0.39 is 34.8 Å². The summed E-state index contributed by atoms with van der Waals surface area (Å²) >= 11 is 4.86. The highest BCUT2D eigenvalue weighted by Gasteiger charge is 2.59. The van der Waals surface area contributed by atoms with Gasteiger partial charge in [-0.1, -0.05) is 38.5 Å². The van der Waals surface area contributed by atoms with Crippen LogP contribution in [-0.2, 0) is 10.8 Å². The maximum atomic E-state index is 14.6. The van der Waals surface area contributed by atoms with E-state index in [-0.39, 0.29) is 66.8 Å². The third-order valence-corrected chi connectivity index (χ3v) is 17.3. The Morgan fingerprint density at radius 3 is 1.56 bits per heavy atom. The van der Waals surface area contributed by atoms with Crippen LogP contribution in [0.2, 0.25) is 0 Å². The van der Waals surface area contributed by atoms with Crippen molar-refractivity contribution in [2.75, 3.05) is 0 Å². The van der Waals surface area contributed by atoms with Gasteiger partial charge in [0.25, 0.3) is 11.4 Å². The number of hydrogen-bond acceptors (Lipinski definition) is 7. The van der Waals surface area contributed by atoms with Crippen LogP contribution in [0.4, 0.5) is 17.6 Å². The standard InChI is InChI=1S/C50H28F4N4O2S3/c1-57-36(21-55)39-25-17-32(51)34(53)19-27(25)44(59)29(39)13-23-15-31-46(61-23)41-42(49(31)9-5-3-6-10-49)48-43(50(41)11-7-4-8-12-50)47-38(63-48)16-24(62-47)14-30-40(37(22-56)58-2)26-18-33(52)35(54)20-28(26)45(30)60/h13-20H,3-12H2/b29-13-,30-14+,39-36+,40-37-. The molecule has 13 heteroatoms. The van der Waals surface area contributed by atoms with Gasteiger partial charge in [0, 0.05) is 68.5 Å². The van der Waals surface area contributed by atoms with Gasteiger partial charge in [0.2, 0.25) is 0 Å². The van der Waals surface area contributed by atoms with Crippen molar-refractivity contribution in [2.45, 2.75) is 75.0 Å². The number of thiophene rings is 3.